The number of carbonyl (C=O) groups excluding carboxylic acids is 2. The minimum atomic E-state index is -0.557. The fraction of sp³-hybridized carbons (Fsp3) is 0.200. The molecule has 2 heterocycles. The van der Waals surface area contributed by atoms with E-state index in [1.165, 1.54) is 5.56 Å². The second-order valence-electron chi connectivity index (χ2n) is 7.43. The van der Waals surface area contributed by atoms with E-state index in [2.05, 4.69) is 26.7 Å². The van der Waals surface area contributed by atoms with E-state index in [9.17, 15) is 9.59 Å². The number of carbonyl (C=O) groups is 2. The van der Waals surface area contributed by atoms with Crippen molar-refractivity contribution in [2.75, 3.05) is 6.61 Å². The summed E-state index contributed by atoms with van der Waals surface area (Å²) in [4.78, 5) is 33.5. The molecule has 0 aliphatic carbocycles. The number of aromatic nitrogens is 3. The molecule has 0 bridgehead atoms. The molecule has 0 amide bonds. The van der Waals surface area contributed by atoms with Gasteiger partial charge < -0.3 is 9.30 Å². The van der Waals surface area contributed by atoms with Crippen LogP contribution in [0.1, 0.15) is 37.7 Å². The van der Waals surface area contributed by atoms with Gasteiger partial charge in [-0.1, -0.05) is 30.3 Å². The Balaban J connectivity index is 1.41. The van der Waals surface area contributed by atoms with E-state index in [0.29, 0.717) is 22.2 Å². The van der Waals surface area contributed by atoms with Crippen LogP contribution >= 0.6 is 0 Å². The molecule has 0 unspecified atom stereocenters. The molecule has 0 N–H and O–H groups in total. The number of nitrogens with zero attached hydrogens (tertiary/aromatic N) is 3. The Labute approximate surface area is 180 Å². The highest BCUT2D eigenvalue weighted by Gasteiger charge is 2.18. The van der Waals surface area contributed by atoms with Gasteiger partial charge in [0.25, 0.3) is 0 Å². The Bertz CT molecular complexity index is 1250. The van der Waals surface area contributed by atoms with Crippen molar-refractivity contribution in [1.82, 2.24) is 14.5 Å². The first-order chi connectivity index (χ1) is 15.0. The first-order valence-corrected chi connectivity index (χ1v) is 10.1. The SMILES string of the molecule is Cc1cc(C(=O)COC(=O)c2ccc3nccnc3c2)c(C)n1CCc1ccccc1. The van der Waals surface area contributed by atoms with Gasteiger partial charge in [-0.3, -0.25) is 14.8 Å². The third-order valence-electron chi connectivity index (χ3n) is 5.38. The zero-order valence-electron chi connectivity index (χ0n) is 17.5. The van der Waals surface area contributed by atoms with E-state index in [1.807, 2.05) is 38.1 Å². The number of hydrogen-bond donors (Lipinski definition) is 0. The van der Waals surface area contributed by atoms with Crippen LogP contribution in [0.25, 0.3) is 11.0 Å². The Kier molecular flexibility index (Phi) is 5.89. The quantitative estimate of drug-likeness (QED) is 0.333. The lowest BCUT2D eigenvalue weighted by atomic mass is 10.1. The number of benzene rings is 2. The molecule has 0 saturated carbocycles. The van der Waals surface area contributed by atoms with Gasteiger partial charge in [-0.05, 0) is 50.1 Å². The molecular weight excluding hydrogens is 390 g/mol. The number of ketones is 1. The molecule has 6 nitrogen and oxygen atoms in total. The molecule has 0 aliphatic rings. The van der Waals surface area contributed by atoms with Crippen molar-refractivity contribution in [2.45, 2.75) is 26.8 Å². The number of Topliss-reactive ketones (excluding diaryl/α,β-unsaturated/α-hetero) is 1. The van der Waals surface area contributed by atoms with Crippen molar-refractivity contribution >= 4 is 22.8 Å². The predicted octanol–water partition coefficient (Wildman–Crippen LogP) is 4.33. The largest absolute Gasteiger partial charge is 0.454 e. The predicted molar refractivity (Wildman–Crippen MR) is 118 cm³/mol. The maximum atomic E-state index is 12.7. The third-order valence-corrected chi connectivity index (χ3v) is 5.38. The lowest BCUT2D eigenvalue weighted by Crippen LogP contribution is -2.15. The van der Waals surface area contributed by atoms with Crippen molar-refractivity contribution in [3.63, 3.8) is 0 Å². The molecule has 0 saturated heterocycles. The maximum absolute atomic E-state index is 12.7. The van der Waals surface area contributed by atoms with E-state index in [-0.39, 0.29) is 12.4 Å². The summed E-state index contributed by atoms with van der Waals surface area (Å²) in [6, 6.07) is 17.1. The molecule has 0 aliphatic heterocycles. The Hall–Kier alpha value is -3.80. The van der Waals surface area contributed by atoms with Crippen molar-refractivity contribution in [3.8, 4) is 0 Å². The minimum Gasteiger partial charge on any atom is -0.454 e. The molecule has 0 spiro atoms. The zero-order chi connectivity index (χ0) is 21.8. The summed E-state index contributed by atoms with van der Waals surface area (Å²) < 4.78 is 7.41. The normalized spacial score (nSPS) is 10.9. The van der Waals surface area contributed by atoms with Gasteiger partial charge in [0.1, 0.15) is 0 Å². The van der Waals surface area contributed by atoms with E-state index in [4.69, 9.17) is 4.74 Å². The van der Waals surface area contributed by atoms with E-state index in [0.717, 1.165) is 24.4 Å². The standard InChI is InChI=1S/C25H23N3O3/c1-17-14-21(18(2)28(17)13-10-19-6-4-3-5-7-19)24(29)16-31-25(30)20-8-9-22-23(15-20)27-12-11-26-22/h3-9,11-12,14-15H,10,13,16H2,1-2H3. The summed E-state index contributed by atoms with van der Waals surface area (Å²) in [7, 11) is 0. The highest BCUT2D eigenvalue weighted by Crippen LogP contribution is 2.18. The number of esters is 1. The van der Waals surface area contributed by atoms with Crippen molar-refractivity contribution in [3.05, 3.63) is 95.1 Å². The van der Waals surface area contributed by atoms with Crippen LogP contribution in [0.2, 0.25) is 0 Å². The number of hydrogen-bond acceptors (Lipinski definition) is 5. The summed E-state index contributed by atoms with van der Waals surface area (Å²) in [5.74, 6) is -0.771. The van der Waals surface area contributed by atoms with Crippen molar-refractivity contribution < 1.29 is 14.3 Å². The maximum Gasteiger partial charge on any atom is 0.338 e. The van der Waals surface area contributed by atoms with Crippen LogP contribution < -0.4 is 0 Å². The second-order valence-corrected chi connectivity index (χ2v) is 7.43. The Morgan fingerprint density at radius 1 is 0.935 bits per heavy atom. The molecule has 0 atom stereocenters. The molecule has 31 heavy (non-hydrogen) atoms. The second kappa shape index (κ2) is 8.92. The lowest BCUT2D eigenvalue weighted by Gasteiger charge is -2.10. The van der Waals surface area contributed by atoms with Crippen LogP contribution in [-0.2, 0) is 17.7 Å². The summed E-state index contributed by atoms with van der Waals surface area (Å²) in [5.41, 5.74) is 5.36. The van der Waals surface area contributed by atoms with Crippen molar-refractivity contribution in [2.24, 2.45) is 0 Å². The fourth-order valence-electron chi connectivity index (χ4n) is 3.70. The van der Waals surface area contributed by atoms with E-state index in [1.54, 1.807) is 30.6 Å². The number of rotatable bonds is 7. The highest BCUT2D eigenvalue weighted by atomic mass is 16.5. The number of fused-ring (bicyclic) bond motifs is 1. The van der Waals surface area contributed by atoms with Crippen LogP contribution in [0.3, 0.4) is 0 Å². The molecule has 2 aromatic heterocycles. The summed E-state index contributed by atoms with van der Waals surface area (Å²) in [5, 5.41) is 0. The minimum absolute atomic E-state index is 0.215. The van der Waals surface area contributed by atoms with E-state index >= 15 is 0 Å². The van der Waals surface area contributed by atoms with Gasteiger partial charge in [-0.25, -0.2) is 4.79 Å². The van der Waals surface area contributed by atoms with E-state index < -0.39 is 5.97 Å². The molecule has 0 fully saturated rings. The van der Waals surface area contributed by atoms with Crippen LogP contribution in [0.5, 0.6) is 0 Å². The first kappa shape index (κ1) is 20.5. The lowest BCUT2D eigenvalue weighted by molar-refractivity contribution is 0.0474. The molecule has 4 rings (SSSR count). The Morgan fingerprint density at radius 3 is 2.45 bits per heavy atom. The van der Waals surface area contributed by atoms with Gasteiger partial charge in [0, 0.05) is 35.9 Å². The van der Waals surface area contributed by atoms with Gasteiger partial charge in [0.15, 0.2) is 6.61 Å². The smallest absolute Gasteiger partial charge is 0.338 e. The van der Waals surface area contributed by atoms with Crippen LogP contribution in [0, 0.1) is 13.8 Å². The average Bonchev–Trinajstić information content (AvgIpc) is 3.09. The molecule has 2 aromatic carbocycles. The molecule has 156 valence electrons. The topological polar surface area (TPSA) is 74.1 Å². The summed E-state index contributed by atoms with van der Waals surface area (Å²) in [6.45, 7) is 4.39. The molecule has 6 heteroatoms. The first-order valence-electron chi connectivity index (χ1n) is 10.1. The zero-order valence-corrected chi connectivity index (χ0v) is 17.5. The number of ether oxygens (including phenoxy) is 1. The fourth-order valence-corrected chi connectivity index (χ4v) is 3.70. The van der Waals surface area contributed by atoms with Crippen LogP contribution in [-0.4, -0.2) is 32.9 Å². The van der Waals surface area contributed by atoms with Crippen LogP contribution in [0.15, 0.2) is 67.0 Å². The average molecular weight is 413 g/mol. The summed E-state index contributed by atoms with van der Waals surface area (Å²) >= 11 is 0. The van der Waals surface area contributed by atoms with Crippen molar-refractivity contribution in [1.29, 1.82) is 0 Å². The Morgan fingerprint density at radius 2 is 1.68 bits per heavy atom. The summed E-state index contributed by atoms with van der Waals surface area (Å²) in [6.07, 6.45) is 4.04. The van der Waals surface area contributed by atoms with Gasteiger partial charge in [-0.2, -0.15) is 0 Å². The van der Waals surface area contributed by atoms with Gasteiger partial charge in [0.05, 0.1) is 16.6 Å². The van der Waals surface area contributed by atoms with Gasteiger partial charge in [0.2, 0.25) is 5.78 Å². The molecule has 4 aromatic rings. The monoisotopic (exact) mass is 413 g/mol. The van der Waals surface area contributed by atoms with Gasteiger partial charge in [-0.15, -0.1) is 0 Å². The van der Waals surface area contributed by atoms with Gasteiger partial charge >= 0.3 is 5.97 Å². The third kappa shape index (κ3) is 4.53. The highest BCUT2D eigenvalue weighted by molar-refractivity contribution is 6.01. The van der Waals surface area contributed by atoms with Crippen LogP contribution in [0.4, 0.5) is 0 Å². The number of aryl methyl sites for hydroxylation is 2. The molecular formula is C25H23N3O3. The molecule has 0 radical (unpaired) electrons.